The Labute approximate surface area is 139 Å². The summed E-state index contributed by atoms with van der Waals surface area (Å²) in [6, 6.07) is 7.56. The number of anilines is 2. The highest BCUT2D eigenvalue weighted by atomic mass is 16.3. The summed E-state index contributed by atoms with van der Waals surface area (Å²) in [7, 11) is 3.97. The molecule has 1 saturated carbocycles. The first-order valence-corrected chi connectivity index (χ1v) is 8.56. The molecule has 1 aromatic rings. The zero-order valence-corrected chi connectivity index (χ0v) is 14.2. The SMILES string of the molecule is CN(C)c1ccc(NC(=O)NCCCC2CCCCC2O)cc1. The lowest BCUT2D eigenvalue weighted by Crippen LogP contribution is -2.31. The Bertz CT molecular complexity index is 488. The smallest absolute Gasteiger partial charge is 0.319 e. The van der Waals surface area contributed by atoms with Gasteiger partial charge in [0, 0.05) is 32.0 Å². The number of nitrogens with one attached hydrogen (secondary N) is 2. The highest BCUT2D eigenvalue weighted by Crippen LogP contribution is 2.27. The van der Waals surface area contributed by atoms with Crippen molar-refractivity contribution in [1.29, 1.82) is 0 Å². The molecule has 2 unspecified atom stereocenters. The van der Waals surface area contributed by atoms with E-state index in [0.717, 1.165) is 43.5 Å². The molecule has 1 aliphatic carbocycles. The van der Waals surface area contributed by atoms with Crippen molar-refractivity contribution >= 4 is 17.4 Å². The molecule has 0 saturated heterocycles. The number of carbonyl (C=O) groups is 1. The number of urea groups is 1. The second-order valence-electron chi connectivity index (χ2n) is 6.58. The Kier molecular flexibility index (Phi) is 6.71. The van der Waals surface area contributed by atoms with E-state index in [9.17, 15) is 9.90 Å². The molecule has 2 rings (SSSR count). The van der Waals surface area contributed by atoms with Crippen molar-refractivity contribution in [1.82, 2.24) is 5.32 Å². The largest absolute Gasteiger partial charge is 0.393 e. The Hall–Kier alpha value is -1.75. The molecule has 1 aliphatic rings. The summed E-state index contributed by atoms with van der Waals surface area (Å²) in [6.45, 7) is 0.644. The fourth-order valence-electron chi connectivity index (χ4n) is 3.11. The van der Waals surface area contributed by atoms with E-state index in [0.29, 0.717) is 12.5 Å². The normalized spacial score (nSPS) is 20.8. The fraction of sp³-hybridized carbons (Fsp3) is 0.611. The monoisotopic (exact) mass is 319 g/mol. The lowest BCUT2D eigenvalue weighted by atomic mass is 9.83. The molecule has 0 aromatic heterocycles. The predicted molar refractivity (Wildman–Crippen MR) is 95.0 cm³/mol. The summed E-state index contributed by atoms with van der Waals surface area (Å²) < 4.78 is 0. The molecular formula is C18H29N3O2. The number of carbonyl (C=O) groups excluding carboxylic acids is 1. The quantitative estimate of drug-likeness (QED) is 0.706. The van der Waals surface area contributed by atoms with Crippen LogP contribution in [0.15, 0.2) is 24.3 Å². The van der Waals surface area contributed by atoms with E-state index in [4.69, 9.17) is 0 Å². The van der Waals surface area contributed by atoms with Gasteiger partial charge in [-0.3, -0.25) is 0 Å². The Morgan fingerprint density at radius 3 is 2.57 bits per heavy atom. The summed E-state index contributed by atoms with van der Waals surface area (Å²) in [4.78, 5) is 13.9. The van der Waals surface area contributed by atoms with Gasteiger partial charge in [-0.1, -0.05) is 12.8 Å². The van der Waals surface area contributed by atoms with Crippen LogP contribution in [0.1, 0.15) is 38.5 Å². The van der Waals surface area contributed by atoms with Crippen molar-refractivity contribution in [2.24, 2.45) is 5.92 Å². The van der Waals surface area contributed by atoms with E-state index in [1.54, 1.807) is 0 Å². The van der Waals surface area contributed by atoms with Crippen LogP contribution in [0.3, 0.4) is 0 Å². The van der Waals surface area contributed by atoms with E-state index in [2.05, 4.69) is 10.6 Å². The zero-order valence-electron chi connectivity index (χ0n) is 14.2. The standard InChI is InChI=1S/C18H29N3O2/c1-21(2)16-11-9-15(10-12-16)20-18(23)19-13-5-7-14-6-3-4-8-17(14)22/h9-12,14,17,22H,3-8,13H2,1-2H3,(H2,19,20,23). The summed E-state index contributed by atoms with van der Waals surface area (Å²) in [6.07, 6.45) is 6.16. The second kappa shape index (κ2) is 8.77. The third-order valence-electron chi connectivity index (χ3n) is 4.55. The van der Waals surface area contributed by atoms with Crippen molar-refractivity contribution < 1.29 is 9.90 Å². The first-order valence-electron chi connectivity index (χ1n) is 8.56. The van der Waals surface area contributed by atoms with Gasteiger partial charge in [-0.2, -0.15) is 0 Å². The molecule has 5 nitrogen and oxygen atoms in total. The van der Waals surface area contributed by atoms with Crippen molar-refractivity contribution in [3.05, 3.63) is 24.3 Å². The van der Waals surface area contributed by atoms with E-state index in [-0.39, 0.29) is 12.1 Å². The van der Waals surface area contributed by atoms with Crippen molar-refractivity contribution in [3.8, 4) is 0 Å². The zero-order chi connectivity index (χ0) is 16.7. The van der Waals surface area contributed by atoms with Gasteiger partial charge in [0.15, 0.2) is 0 Å². The van der Waals surface area contributed by atoms with Crippen LogP contribution in [0.2, 0.25) is 0 Å². The fourth-order valence-corrected chi connectivity index (χ4v) is 3.11. The third kappa shape index (κ3) is 5.75. The van der Waals surface area contributed by atoms with Crippen LogP contribution >= 0.6 is 0 Å². The summed E-state index contributed by atoms with van der Waals surface area (Å²) in [5, 5.41) is 15.6. The highest BCUT2D eigenvalue weighted by molar-refractivity contribution is 5.89. The number of hydrogen-bond acceptors (Lipinski definition) is 3. The van der Waals surface area contributed by atoms with Gasteiger partial charge in [0.25, 0.3) is 0 Å². The first-order chi connectivity index (χ1) is 11.1. The maximum Gasteiger partial charge on any atom is 0.319 e. The van der Waals surface area contributed by atoms with Crippen LogP contribution in [0.5, 0.6) is 0 Å². The van der Waals surface area contributed by atoms with E-state index in [1.807, 2.05) is 43.3 Å². The second-order valence-corrected chi connectivity index (χ2v) is 6.58. The molecule has 2 atom stereocenters. The third-order valence-corrected chi connectivity index (χ3v) is 4.55. The molecule has 1 fully saturated rings. The average Bonchev–Trinajstić information content (AvgIpc) is 2.53. The van der Waals surface area contributed by atoms with Gasteiger partial charge in [-0.15, -0.1) is 0 Å². The number of hydrogen-bond donors (Lipinski definition) is 3. The maximum atomic E-state index is 11.9. The lowest BCUT2D eigenvalue weighted by Gasteiger charge is -2.27. The predicted octanol–water partition coefficient (Wildman–Crippen LogP) is 3.21. The highest BCUT2D eigenvalue weighted by Gasteiger charge is 2.22. The number of nitrogens with zero attached hydrogens (tertiary/aromatic N) is 1. The van der Waals surface area contributed by atoms with E-state index < -0.39 is 0 Å². The van der Waals surface area contributed by atoms with Gasteiger partial charge < -0.3 is 20.6 Å². The summed E-state index contributed by atoms with van der Waals surface area (Å²) >= 11 is 0. The minimum absolute atomic E-state index is 0.146. The van der Waals surface area contributed by atoms with Crippen LogP contribution in [-0.4, -0.2) is 37.9 Å². The van der Waals surface area contributed by atoms with Gasteiger partial charge >= 0.3 is 6.03 Å². The molecule has 2 amide bonds. The molecule has 0 heterocycles. The van der Waals surface area contributed by atoms with Gasteiger partial charge in [0.1, 0.15) is 0 Å². The molecule has 3 N–H and O–H groups in total. The average molecular weight is 319 g/mol. The molecule has 128 valence electrons. The molecule has 5 heteroatoms. The van der Waals surface area contributed by atoms with Gasteiger partial charge in [0.05, 0.1) is 6.10 Å². The van der Waals surface area contributed by atoms with Crippen molar-refractivity contribution in [3.63, 3.8) is 0 Å². The van der Waals surface area contributed by atoms with Gasteiger partial charge in [-0.05, 0) is 55.9 Å². The van der Waals surface area contributed by atoms with Crippen LogP contribution in [0, 0.1) is 5.92 Å². The Balaban J connectivity index is 1.64. The molecule has 23 heavy (non-hydrogen) atoms. The van der Waals surface area contributed by atoms with Crippen molar-refractivity contribution in [2.45, 2.75) is 44.6 Å². The van der Waals surface area contributed by atoms with Crippen LogP contribution in [-0.2, 0) is 0 Å². The molecule has 1 aromatic carbocycles. The lowest BCUT2D eigenvalue weighted by molar-refractivity contribution is 0.0644. The van der Waals surface area contributed by atoms with Crippen LogP contribution in [0.25, 0.3) is 0 Å². The van der Waals surface area contributed by atoms with E-state index >= 15 is 0 Å². The summed E-state index contributed by atoms with van der Waals surface area (Å²) in [5.41, 5.74) is 1.89. The molecule has 0 radical (unpaired) electrons. The van der Waals surface area contributed by atoms with Crippen molar-refractivity contribution in [2.75, 3.05) is 30.9 Å². The Morgan fingerprint density at radius 2 is 1.91 bits per heavy atom. The van der Waals surface area contributed by atoms with Gasteiger partial charge in [-0.25, -0.2) is 4.79 Å². The van der Waals surface area contributed by atoms with Gasteiger partial charge in [0.2, 0.25) is 0 Å². The minimum Gasteiger partial charge on any atom is -0.393 e. The molecule has 0 spiro atoms. The number of rotatable bonds is 6. The topological polar surface area (TPSA) is 64.6 Å². The summed E-state index contributed by atoms with van der Waals surface area (Å²) in [5.74, 6) is 0.409. The first kappa shape index (κ1) is 17.6. The molecule has 0 bridgehead atoms. The maximum absolute atomic E-state index is 11.9. The Morgan fingerprint density at radius 1 is 1.22 bits per heavy atom. The number of aliphatic hydroxyl groups is 1. The van der Waals surface area contributed by atoms with Crippen LogP contribution in [0.4, 0.5) is 16.2 Å². The number of aliphatic hydroxyl groups excluding tert-OH is 1. The van der Waals surface area contributed by atoms with E-state index in [1.165, 1.54) is 6.42 Å². The van der Waals surface area contributed by atoms with Crippen LogP contribution < -0.4 is 15.5 Å². The number of benzene rings is 1. The number of amides is 2. The molecular weight excluding hydrogens is 290 g/mol. The molecule has 0 aliphatic heterocycles. The minimum atomic E-state index is -0.174.